The van der Waals surface area contributed by atoms with Crippen molar-refractivity contribution >= 4 is 22.4 Å². The van der Waals surface area contributed by atoms with Gasteiger partial charge in [-0.05, 0) is 47.9 Å². The third-order valence-corrected chi connectivity index (χ3v) is 4.86. The van der Waals surface area contributed by atoms with E-state index in [2.05, 4.69) is 16.9 Å². The van der Waals surface area contributed by atoms with Gasteiger partial charge in [0.1, 0.15) is 17.3 Å². The van der Waals surface area contributed by atoms with E-state index in [0.29, 0.717) is 27.6 Å². The van der Waals surface area contributed by atoms with Gasteiger partial charge in [0, 0.05) is 29.8 Å². The highest BCUT2D eigenvalue weighted by Gasteiger charge is 2.18. The van der Waals surface area contributed by atoms with Crippen LogP contribution in [0.3, 0.4) is 0 Å². The molecule has 160 valence electrons. The summed E-state index contributed by atoms with van der Waals surface area (Å²) < 4.78 is 20.6. The van der Waals surface area contributed by atoms with Crippen LogP contribution in [0, 0.1) is 5.82 Å². The summed E-state index contributed by atoms with van der Waals surface area (Å²) in [5.41, 5.74) is 0.199. The number of pyridine rings is 2. The molecule has 0 spiro atoms. The van der Waals surface area contributed by atoms with Crippen LogP contribution in [0.4, 0.5) is 10.1 Å². The first-order valence-corrected chi connectivity index (χ1v) is 9.60. The summed E-state index contributed by atoms with van der Waals surface area (Å²) in [5, 5.41) is 3.58. The summed E-state index contributed by atoms with van der Waals surface area (Å²) in [6, 6.07) is 13.8. The van der Waals surface area contributed by atoms with Crippen LogP contribution in [0.1, 0.15) is 0 Å². The Bertz CT molecular complexity index is 1470. The zero-order chi connectivity index (χ0) is 22.8. The van der Waals surface area contributed by atoms with E-state index in [9.17, 15) is 18.8 Å². The largest absolute Gasteiger partial charge is 0.440 e. The van der Waals surface area contributed by atoms with Crippen LogP contribution in [-0.4, -0.2) is 15.5 Å². The van der Waals surface area contributed by atoms with Gasteiger partial charge in [0.2, 0.25) is 11.8 Å². The number of aromatic amines is 1. The number of aryl methyl sites for hydroxylation is 1. The normalized spacial score (nSPS) is 10.7. The van der Waals surface area contributed by atoms with Crippen LogP contribution in [0.2, 0.25) is 0 Å². The topological polar surface area (TPSA) is 93.2 Å². The Labute approximate surface area is 181 Å². The van der Waals surface area contributed by atoms with Gasteiger partial charge in [0.25, 0.3) is 11.1 Å². The molecule has 0 aliphatic carbocycles. The minimum atomic E-state index is -0.602. The summed E-state index contributed by atoms with van der Waals surface area (Å²) in [7, 11) is 1.62. The molecule has 0 fully saturated rings. The number of carbonyl (C=O) groups is 1. The molecule has 4 aromatic rings. The van der Waals surface area contributed by atoms with Gasteiger partial charge in [-0.1, -0.05) is 24.8 Å². The number of amides is 1. The van der Waals surface area contributed by atoms with Crippen molar-refractivity contribution in [1.29, 1.82) is 0 Å². The van der Waals surface area contributed by atoms with Crippen LogP contribution < -0.4 is 21.2 Å². The first kappa shape index (κ1) is 20.8. The van der Waals surface area contributed by atoms with E-state index in [-0.39, 0.29) is 17.1 Å². The highest BCUT2D eigenvalue weighted by atomic mass is 19.1. The Kier molecular flexibility index (Phi) is 5.43. The number of hydrogen-bond donors (Lipinski definition) is 2. The molecule has 0 unspecified atom stereocenters. The van der Waals surface area contributed by atoms with Crippen LogP contribution in [0.5, 0.6) is 11.6 Å². The third-order valence-electron chi connectivity index (χ3n) is 4.86. The SMILES string of the molecule is C=CC(=O)Nc1cc(-c2cn(C)c(=O)c3ccccc23)c(Oc2ccc(F)cc2)[nH]c1=O. The van der Waals surface area contributed by atoms with E-state index in [4.69, 9.17) is 4.74 Å². The number of halogens is 1. The van der Waals surface area contributed by atoms with Gasteiger partial charge in [-0.25, -0.2) is 4.39 Å². The summed E-state index contributed by atoms with van der Waals surface area (Å²) in [4.78, 5) is 39.6. The Morgan fingerprint density at radius 2 is 1.78 bits per heavy atom. The van der Waals surface area contributed by atoms with Gasteiger partial charge in [-0.2, -0.15) is 0 Å². The number of ether oxygens (including phenoxy) is 1. The average molecular weight is 431 g/mol. The van der Waals surface area contributed by atoms with Crippen LogP contribution in [-0.2, 0) is 11.8 Å². The van der Waals surface area contributed by atoms with Gasteiger partial charge in [-0.3, -0.25) is 19.4 Å². The molecular formula is C24H18FN3O4. The lowest BCUT2D eigenvalue weighted by Crippen LogP contribution is -2.19. The van der Waals surface area contributed by atoms with Gasteiger partial charge in [0.05, 0.1) is 0 Å². The molecule has 2 N–H and O–H groups in total. The summed E-state index contributed by atoms with van der Waals surface area (Å²) in [6.45, 7) is 3.39. The van der Waals surface area contributed by atoms with Gasteiger partial charge in [-0.15, -0.1) is 0 Å². The number of rotatable bonds is 5. The third kappa shape index (κ3) is 3.93. The number of anilines is 1. The molecule has 2 aromatic heterocycles. The standard InChI is InChI=1S/C24H18FN3O4/c1-3-21(29)26-20-12-18(19-13-28(2)24(31)17-7-5-4-6-16(17)19)23(27-22(20)30)32-15-10-8-14(25)9-11-15/h3-13H,1H2,2H3,(H,26,29)(H,27,30). The molecule has 0 aliphatic rings. The van der Waals surface area contributed by atoms with Crippen molar-refractivity contribution in [2.24, 2.45) is 7.05 Å². The van der Waals surface area contributed by atoms with Crippen molar-refractivity contribution in [1.82, 2.24) is 9.55 Å². The second-order valence-corrected chi connectivity index (χ2v) is 7.01. The van der Waals surface area contributed by atoms with E-state index in [1.54, 1.807) is 37.5 Å². The molecule has 0 saturated heterocycles. The van der Waals surface area contributed by atoms with Crippen molar-refractivity contribution < 1.29 is 13.9 Å². The first-order chi connectivity index (χ1) is 15.4. The number of benzene rings is 2. The molecule has 2 aromatic carbocycles. The number of hydrogen-bond acceptors (Lipinski definition) is 4. The fourth-order valence-electron chi connectivity index (χ4n) is 3.32. The maximum absolute atomic E-state index is 13.3. The number of fused-ring (bicyclic) bond motifs is 1. The fraction of sp³-hybridized carbons (Fsp3) is 0.0417. The van der Waals surface area contributed by atoms with Crippen molar-refractivity contribution in [2.75, 3.05) is 5.32 Å². The molecule has 8 heteroatoms. The molecule has 0 bridgehead atoms. The zero-order valence-corrected chi connectivity index (χ0v) is 17.0. The van der Waals surface area contributed by atoms with E-state index >= 15 is 0 Å². The van der Waals surface area contributed by atoms with Crippen LogP contribution in [0.25, 0.3) is 21.9 Å². The van der Waals surface area contributed by atoms with E-state index in [1.165, 1.54) is 34.9 Å². The Balaban J connectivity index is 1.98. The van der Waals surface area contributed by atoms with Gasteiger partial charge in [0.15, 0.2) is 0 Å². The quantitative estimate of drug-likeness (QED) is 0.468. The van der Waals surface area contributed by atoms with E-state index < -0.39 is 17.3 Å². The van der Waals surface area contributed by atoms with Gasteiger partial charge >= 0.3 is 0 Å². The lowest BCUT2D eigenvalue weighted by Gasteiger charge is -2.15. The lowest BCUT2D eigenvalue weighted by molar-refractivity contribution is -0.111. The highest BCUT2D eigenvalue weighted by molar-refractivity contribution is 6.01. The number of nitrogens with one attached hydrogen (secondary N) is 2. The fourth-order valence-corrected chi connectivity index (χ4v) is 3.32. The van der Waals surface area contributed by atoms with E-state index in [0.717, 1.165) is 6.08 Å². The van der Waals surface area contributed by atoms with Crippen molar-refractivity contribution in [3.05, 3.63) is 100.0 Å². The second-order valence-electron chi connectivity index (χ2n) is 7.01. The maximum atomic E-state index is 13.3. The molecular weight excluding hydrogens is 413 g/mol. The van der Waals surface area contributed by atoms with E-state index in [1.807, 2.05) is 0 Å². The monoisotopic (exact) mass is 431 g/mol. The maximum Gasteiger partial charge on any atom is 0.274 e. The Morgan fingerprint density at radius 3 is 2.47 bits per heavy atom. The minimum Gasteiger partial charge on any atom is -0.440 e. The molecule has 0 radical (unpaired) electrons. The smallest absolute Gasteiger partial charge is 0.274 e. The molecule has 7 nitrogen and oxygen atoms in total. The molecule has 32 heavy (non-hydrogen) atoms. The minimum absolute atomic E-state index is 0.0192. The Morgan fingerprint density at radius 1 is 1.09 bits per heavy atom. The number of carbonyl (C=O) groups excluding carboxylic acids is 1. The Hall–Kier alpha value is -4.46. The van der Waals surface area contributed by atoms with Crippen LogP contribution >= 0.6 is 0 Å². The lowest BCUT2D eigenvalue weighted by atomic mass is 10.0. The predicted octanol–water partition coefficient (Wildman–Crippen LogP) is 3.95. The molecule has 0 aliphatic heterocycles. The van der Waals surface area contributed by atoms with Crippen molar-refractivity contribution in [3.63, 3.8) is 0 Å². The van der Waals surface area contributed by atoms with Crippen molar-refractivity contribution in [3.8, 4) is 22.8 Å². The molecule has 4 rings (SSSR count). The van der Waals surface area contributed by atoms with Crippen molar-refractivity contribution in [2.45, 2.75) is 0 Å². The highest BCUT2D eigenvalue weighted by Crippen LogP contribution is 2.35. The summed E-state index contributed by atoms with van der Waals surface area (Å²) >= 11 is 0. The van der Waals surface area contributed by atoms with Gasteiger partial charge < -0.3 is 14.6 Å². The molecule has 0 saturated carbocycles. The molecule has 2 heterocycles. The summed E-state index contributed by atoms with van der Waals surface area (Å²) in [6.07, 6.45) is 2.67. The average Bonchev–Trinajstić information content (AvgIpc) is 2.79. The predicted molar refractivity (Wildman–Crippen MR) is 121 cm³/mol. The second kappa shape index (κ2) is 8.35. The molecule has 1 amide bonds. The van der Waals surface area contributed by atoms with Crippen LogP contribution in [0.15, 0.2) is 83.0 Å². The number of nitrogens with zero attached hydrogens (tertiary/aromatic N) is 1. The summed E-state index contributed by atoms with van der Waals surface area (Å²) in [5.74, 6) is -0.626. The molecule has 0 atom stereocenters. The number of aromatic nitrogens is 2. The zero-order valence-electron chi connectivity index (χ0n) is 17.0. The number of H-pyrrole nitrogens is 1. The first-order valence-electron chi connectivity index (χ1n) is 9.60.